The predicted octanol–water partition coefficient (Wildman–Crippen LogP) is 2.48. The molecule has 0 aromatic heterocycles. The third-order valence-corrected chi connectivity index (χ3v) is 2.56. The summed E-state index contributed by atoms with van der Waals surface area (Å²) in [5.74, 6) is -0.695. The third kappa shape index (κ3) is 5.01. The van der Waals surface area contributed by atoms with E-state index in [2.05, 4.69) is 12.3 Å². The van der Waals surface area contributed by atoms with E-state index in [9.17, 15) is 19.7 Å². The second kappa shape index (κ2) is 8.11. The molecule has 0 heterocycles. The van der Waals surface area contributed by atoms with Gasteiger partial charge in [-0.3, -0.25) is 19.7 Å². The minimum atomic E-state index is -0.512. The topological polar surface area (TPSA) is 103 Å². The Balaban J connectivity index is 0.000000422. The van der Waals surface area contributed by atoms with Gasteiger partial charge in [-0.05, 0) is 6.08 Å². The van der Waals surface area contributed by atoms with Gasteiger partial charge in [0, 0.05) is 23.3 Å². The van der Waals surface area contributed by atoms with Crippen molar-refractivity contribution >= 4 is 17.4 Å². The van der Waals surface area contributed by atoms with E-state index in [1.807, 2.05) is 6.07 Å². The number of nitro benzene ring substituents is 1. The number of nitrogens with zero attached hydrogens (tertiary/aromatic N) is 1. The average Bonchev–Trinajstić information content (AvgIpc) is 2.55. The Morgan fingerprint density at radius 1 is 1.05 bits per heavy atom. The molecule has 2 aromatic rings. The van der Waals surface area contributed by atoms with Crippen molar-refractivity contribution in [2.75, 3.05) is 0 Å². The monoisotopic (exact) mass is 298 g/mol. The van der Waals surface area contributed by atoms with Crippen LogP contribution < -0.4 is 5.73 Å². The number of hydrogen-bond acceptors (Lipinski definition) is 4. The third-order valence-electron chi connectivity index (χ3n) is 2.56. The summed E-state index contributed by atoms with van der Waals surface area (Å²) in [7, 11) is 0. The number of benzene rings is 2. The number of nitro groups is 1. The molecular weight excluding hydrogens is 284 g/mol. The van der Waals surface area contributed by atoms with Crippen LogP contribution in [0.15, 0.2) is 67.3 Å². The van der Waals surface area contributed by atoms with Crippen LogP contribution in [0.2, 0.25) is 0 Å². The molecule has 0 saturated heterocycles. The number of rotatable bonds is 4. The summed E-state index contributed by atoms with van der Waals surface area (Å²) in [5.41, 5.74) is 5.30. The fraction of sp³-hybridized carbons (Fsp3) is 0. The first-order valence-corrected chi connectivity index (χ1v) is 6.21. The summed E-state index contributed by atoms with van der Waals surface area (Å²) in [4.78, 5) is 31.6. The van der Waals surface area contributed by atoms with Crippen LogP contribution in [0.3, 0.4) is 0 Å². The molecule has 0 unspecified atom stereocenters. The molecule has 0 atom stereocenters. The van der Waals surface area contributed by atoms with Crippen LogP contribution in [0.4, 0.5) is 5.69 Å². The van der Waals surface area contributed by atoms with E-state index in [1.54, 1.807) is 30.3 Å². The minimum absolute atomic E-state index is 0.0771. The van der Waals surface area contributed by atoms with Crippen molar-refractivity contribution in [1.29, 1.82) is 0 Å². The van der Waals surface area contributed by atoms with Gasteiger partial charge in [-0.2, -0.15) is 0 Å². The van der Waals surface area contributed by atoms with Crippen LogP contribution >= 0.6 is 0 Å². The molecule has 22 heavy (non-hydrogen) atoms. The smallest absolute Gasteiger partial charge is 0.270 e. The molecule has 0 aliphatic carbocycles. The lowest BCUT2D eigenvalue weighted by Crippen LogP contribution is -2.04. The van der Waals surface area contributed by atoms with Gasteiger partial charge in [-0.15, -0.1) is 0 Å². The van der Waals surface area contributed by atoms with Crippen molar-refractivity contribution in [3.05, 3.63) is 88.5 Å². The zero-order chi connectivity index (χ0) is 16.5. The van der Waals surface area contributed by atoms with Crippen LogP contribution in [0.5, 0.6) is 0 Å². The van der Waals surface area contributed by atoms with Gasteiger partial charge in [0.15, 0.2) is 5.78 Å². The summed E-state index contributed by atoms with van der Waals surface area (Å²) in [6.07, 6.45) is 1.06. The van der Waals surface area contributed by atoms with Gasteiger partial charge in [-0.1, -0.05) is 49.0 Å². The highest BCUT2D eigenvalue weighted by molar-refractivity contribution is 6.09. The lowest BCUT2D eigenvalue weighted by molar-refractivity contribution is -0.384. The average molecular weight is 298 g/mol. The first-order chi connectivity index (χ1) is 10.5. The van der Waals surface area contributed by atoms with Crippen molar-refractivity contribution in [2.45, 2.75) is 0 Å². The maximum Gasteiger partial charge on any atom is 0.270 e. The van der Waals surface area contributed by atoms with Crippen molar-refractivity contribution in [3.8, 4) is 0 Å². The number of primary amides is 1. The first kappa shape index (κ1) is 16.8. The molecule has 0 fully saturated rings. The standard InChI is InChI=1S/C13H9NO3.C3H5NO/c15-13(10-5-2-1-3-6-10)11-7-4-8-12(9-11)14(16)17;1-2-3(4)5/h1-9H;2H,1H2,(H2,4,5). The number of hydrogen-bond donors (Lipinski definition) is 1. The zero-order valence-electron chi connectivity index (χ0n) is 11.6. The van der Waals surface area contributed by atoms with Crippen molar-refractivity contribution < 1.29 is 14.5 Å². The molecule has 0 aliphatic rings. The molecule has 0 radical (unpaired) electrons. The van der Waals surface area contributed by atoms with E-state index in [1.165, 1.54) is 18.2 Å². The Morgan fingerprint density at radius 3 is 2.09 bits per heavy atom. The molecule has 0 bridgehead atoms. The second-order valence-electron chi connectivity index (χ2n) is 4.11. The summed E-state index contributed by atoms with van der Waals surface area (Å²) in [5, 5.41) is 10.6. The van der Waals surface area contributed by atoms with Gasteiger partial charge < -0.3 is 5.73 Å². The van der Waals surface area contributed by atoms with Gasteiger partial charge in [-0.25, -0.2) is 0 Å². The van der Waals surface area contributed by atoms with Crippen LogP contribution in [-0.2, 0) is 4.79 Å². The van der Waals surface area contributed by atoms with E-state index in [0.717, 1.165) is 6.08 Å². The minimum Gasteiger partial charge on any atom is -0.366 e. The molecule has 0 aliphatic heterocycles. The van der Waals surface area contributed by atoms with Gasteiger partial charge in [0.25, 0.3) is 5.69 Å². The number of nitrogens with two attached hydrogens (primary N) is 1. The van der Waals surface area contributed by atoms with Crippen molar-refractivity contribution in [2.24, 2.45) is 5.73 Å². The van der Waals surface area contributed by atoms with E-state index in [-0.39, 0.29) is 11.5 Å². The van der Waals surface area contributed by atoms with E-state index < -0.39 is 10.8 Å². The molecule has 2 aromatic carbocycles. The highest BCUT2D eigenvalue weighted by Crippen LogP contribution is 2.16. The maximum atomic E-state index is 12.0. The lowest BCUT2D eigenvalue weighted by atomic mass is 10.0. The predicted molar refractivity (Wildman–Crippen MR) is 82.4 cm³/mol. The molecule has 0 spiro atoms. The molecule has 1 amide bonds. The van der Waals surface area contributed by atoms with Gasteiger partial charge >= 0.3 is 0 Å². The molecule has 0 saturated carbocycles. The second-order valence-corrected chi connectivity index (χ2v) is 4.11. The van der Waals surface area contributed by atoms with E-state index in [0.29, 0.717) is 11.1 Å². The summed E-state index contributed by atoms with van der Waals surface area (Å²) < 4.78 is 0. The molecular formula is C16H14N2O4. The van der Waals surface area contributed by atoms with Crippen molar-refractivity contribution in [1.82, 2.24) is 0 Å². The van der Waals surface area contributed by atoms with E-state index >= 15 is 0 Å². The Labute approximate surface area is 127 Å². The number of carbonyl (C=O) groups excluding carboxylic acids is 2. The van der Waals surface area contributed by atoms with Gasteiger partial charge in [0.2, 0.25) is 5.91 Å². The number of amides is 1. The summed E-state index contributed by atoms with van der Waals surface area (Å²) in [6, 6.07) is 14.4. The van der Waals surface area contributed by atoms with Crippen LogP contribution in [-0.4, -0.2) is 16.6 Å². The van der Waals surface area contributed by atoms with Gasteiger partial charge in [0.1, 0.15) is 0 Å². The maximum absolute atomic E-state index is 12.0. The molecule has 2 rings (SSSR count). The highest BCUT2D eigenvalue weighted by atomic mass is 16.6. The van der Waals surface area contributed by atoms with Gasteiger partial charge in [0.05, 0.1) is 4.92 Å². The SMILES string of the molecule is C=CC(N)=O.O=C(c1ccccc1)c1cccc([N+](=O)[O-])c1. The Bertz CT molecular complexity index is 696. The molecule has 6 nitrogen and oxygen atoms in total. The largest absolute Gasteiger partial charge is 0.366 e. The summed E-state index contributed by atoms with van der Waals surface area (Å²) in [6.45, 7) is 3.09. The summed E-state index contributed by atoms with van der Waals surface area (Å²) >= 11 is 0. The number of non-ortho nitro benzene ring substituents is 1. The van der Waals surface area contributed by atoms with Crippen LogP contribution in [0.25, 0.3) is 0 Å². The van der Waals surface area contributed by atoms with Crippen LogP contribution in [0, 0.1) is 10.1 Å². The Hall–Kier alpha value is -3.28. The number of carbonyl (C=O) groups is 2. The van der Waals surface area contributed by atoms with Crippen molar-refractivity contribution in [3.63, 3.8) is 0 Å². The molecule has 112 valence electrons. The highest BCUT2D eigenvalue weighted by Gasteiger charge is 2.12. The fourth-order valence-electron chi connectivity index (χ4n) is 1.52. The molecule has 6 heteroatoms. The van der Waals surface area contributed by atoms with Crippen LogP contribution in [0.1, 0.15) is 15.9 Å². The molecule has 2 N–H and O–H groups in total. The quantitative estimate of drug-likeness (QED) is 0.405. The lowest BCUT2D eigenvalue weighted by Gasteiger charge is -2.00. The Morgan fingerprint density at radius 2 is 1.59 bits per heavy atom. The Kier molecular flexibility index (Phi) is 6.18. The number of ketones is 1. The zero-order valence-corrected chi connectivity index (χ0v) is 11.6. The first-order valence-electron chi connectivity index (χ1n) is 6.21. The fourth-order valence-corrected chi connectivity index (χ4v) is 1.52. The van der Waals surface area contributed by atoms with E-state index in [4.69, 9.17) is 0 Å². The normalized spacial score (nSPS) is 9.09.